The lowest BCUT2D eigenvalue weighted by Gasteiger charge is -2.10. The molecule has 0 bridgehead atoms. The van der Waals surface area contributed by atoms with Crippen molar-refractivity contribution in [2.45, 2.75) is 31.9 Å². The van der Waals surface area contributed by atoms with E-state index in [4.69, 9.17) is 19.1 Å². The number of carbonyl (C=O) groups is 1. The van der Waals surface area contributed by atoms with Gasteiger partial charge < -0.3 is 18.6 Å². The predicted octanol–water partition coefficient (Wildman–Crippen LogP) is 3.22. The van der Waals surface area contributed by atoms with Gasteiger partial charge >= 0.3 is 5.97 Å². The van der Waals surface area contributed by atoms with E-state index < -0.39 is 16.0 Å². The Kier molecular flexibility index (Phi) is 6.72. The van der Waals surface area contributed by atoms with Crippen LogP contribution in [0.1, 0.15) is 33.1 Å². The molecule has 2 aromatic carbocycles. The minimum absolute atomic E-state index is 0.0445. The maximum absolute atomic E-state index is 12.7. The minimum Gasteiger partial charge on any atom is -0.497 e. The lowest BCUT2D eigenvalue weighted by atomic mass is 10.2. The lowest BCUT2D eigenvalue weighted by Crippen LogP contribution is -2.12. The maximum atomic E-state index is 12.7. The van der Waals surface area contributed by atoms with Crippen LogP contribution in [-0.4, -0.2) is 36.2 Å². The smallest absolute Gasteiger partial charge is 0.340 e. The van der Waals surface area contributed by atoms with Gasteiger partial charge in [-0.2, -0.15) is 4.98 Å². The average molecular weight is 497 g/mol. The van der Waals surface area contributed by atoms with E-state index in [0.29, 0.717) is 23.7 Å². The molecule has 0 radical (unpaired) electrons. The Morgan fingerprint density at radius 3 is 2.40 bits per heavy atom. The van der Waals surface area contributed by atoms with Gasteiger partial charge in [-0.15, -0.1) is 0 Å². The molecule has 4 aromatic rings. The van der Waals surface area contributed by atoms with Crippen LogP contribution in [0.5, 0.6) is 5.75 Å². The summed E-state index contributed by atoms with van der Waals surface area (Å²) in [6.45, 7) is 4.00. The molecular weight excluding hydrogens is 472 g/mol. The molecule has 11 heteroatoms. The normalized spacial score (nSPS) is 11.4. The number of nitrogens with two attached hydrogens (primary N) is 1. The Morgan fingerprint density at radius 1 is 1.09 bits per heavy atom. The molecule has 35 heavy (non-hydrogen) atoms. The first kappa shape index (κ1) is 24.2. The van der Waals surface area contributed by atoms with Crippen molar-refractivity contribution in [3.05, 3.63) is 82.9 Å². The van der Waals surface area contributed by atoms with Crippen molar-refractivity contribution in [1.29, 1.82) is 0 Å². The largest absolute Gasteiger partial charge is 0.497 e. The van der Waals surface area contributed by atoms with Crippen LogP contribution in [0.3, 0.4) is 0 Å². The van der Waals surface area contributed by atoms with E-state index in [1.807, 2.05) is 18.4 Å². The molecule has 0 saturated carbocycles. The standard InChI is InChI=1S/C24H24N4O6S/c1-15-12-21(16(2)28(15)13-17-4-10-20(11-5-17)35(25,30)31)24(29)33-14-22-26-23(34-27-22)18-6-8-19(32-3)9-7-18/h4-12H,13-14H2,1-3H3,(H2,25,30,31). The molecule has 0 amide bonds. The van der Waals surface area contributed by atoms with E-state index in [0.717, 1.165) is 22.5 Å². The number of benzene rings is 2. The first-order valence-corrected chi connectivity index (χ1v) is 12.1. The number of primary sulfonamides is 1. The third-order valence-corrected chi connectivity index (χ3v) is 6.45. The molecule has 2 heterocycles. The number of hydrogen-bond donors (Lipinski definition) is 1. The third kappa shape index (κ3) is 5.42. The topological polar surface area (TPSA) is 140 Å². The van der Waals surface area contributed by atoms with E-state index in [-0.39, 0.29) is 17.3 Å². The molecule has 4 rings (SSSR count). The lowest BCUT2D eigenvalue weighted by molar-refractivity contribution is 0.0458. The molecule has 10 nitrogen and oxygen atoms in total. The van der Waals surface area contributed by atoms with E-state index in [2.05, 4.69) is 10.1 Å². The van der Waals surface area contributed by atoms with Crippen molar-refractivity contribution >= 4 is 16.0 Å². The molecule has 0 aliphatic heterocycles. The zero-order valence-electron chi connectivity index (χ0n) is 19.4. The predicted molar refractivity (Wildman–Crippen MR) is 126 cm³/mol. The second-order valence-electron chi connectivity index (χ2n) is 7.88. The summed E-state index contributed by atoms with van der Waals surface area (Å²) < 4.78 is 40.7. The number of esters is 1. The summed E-state index contributed by atoms with van der Waals surface area (Å²) in [7, 11) is -2.17. The SMILES string of the molecule is COc1ccc(-c2nc(COC(=O)c3cc(C)n(Cc4ccc(S(N)(=O)=O)cc4)c3C)no2)cc1. The number of sulfonamides is 1. The van der Waals surface area contributed by atoms with Crippen LogP contribution >= 0.6 is 0 Å². The van der Waals surface area contributed by atoms with Crippen LogP contribution in [0, 0.1) is 13.8 Å². The van der Waals surface area contributed by atoms with Crippen LogP contribution in [0.25, 0.3) is 11.5 Å². The van der Waals surface area contributed by atoms with E-state index in [1.54, 1.807) is 49.6 Å². The van der Waals surface area contributed by atoms with Crippen molar-refractivity contribution in [2.75, 3.05) is 7.11 Å². The number of aryl methyl sites for hydroxylation is 1. The summed E-state index contributed by atoms with van der Waals surface area (Å²) in [6, 6.07) is 15.2. The molecule has 0 saturated heterocycles. The Hall–Kier alpha value is -3.96. The monoisotopic (exact) mass is 496 g/mol. The first-order valence-electron chi connectivity index (χ1n) is 10.6. The number of carbonyl (C=O) groups excluding carboxylic acids is 1. The van der Waals surface area contributed by atoms with E-state index in [1.165, 1.54) is 12.1 Å². The zero-order valence-corrected chi connectivity index (χ0v) is 20.2. The molecule has 2 N–H and O–H groups in total. The molecule has 0 atom stereocenters. The quantitative estimate of drug-likeness (QED) is 0.367. The fraction of sp³-hybridized carbons (Fsp3) is 0.208. The molecular formula is C24H24N4O6S. The number of rotatable bonds is 8. The Bertz CT molecular complexity index is 1450. The Balaban J connectivity index is 1.42. The highest BCUT2D eigenvalue weighted by Gasteiger charge is 2.19. The summed E-state index contributed by atoms with van der Waals surface area (Å²) in [4.78, 5) is 17.1. The fourth-order valence-electron chi connectivity index (χ4n) is 3.59. The first-order chi connectivity index (χ1) is 16.7. The number of methoxy groups -OCH3 is 1. The van der Waals surface area contributed by atoms with Crippen LogP contribution < -0.4 is 9.88 Å². The Labute approximate surface area is 202 Å². The fourth-order valence-corrected chi connectivity index (χ4v) is 4.10. The van der Waals surface area contributed by atoms with Crippen LogP contribution in [0.4, 0.5) is 0 Å². The Morgan fingerprint density at radius 2 is 1.77 bits per heavy atom. The molecule has 0 spiro atoms. The van der Waals surface area contributed by atoms with Gasteiger partial charge in [0.2, 0.25) is 15.8 Å². The van der Waals surface area contributed by atoms with Crippen molar-refractivity contribution in [2.24, 2.45) is 5.14 Å². The number of hydrogen-bond acceptors (Lipinski definition) is 8. The van der Waals surface area contributed by atoms with Crippen LogP contribution in [-0.2, 0) is 27.9 Å². The van der Waals surface area contributed by atoms with Crippen molar-refractivity contribution in [1.82, 2.24) is 14.7 Å². The van der Waals surface area contributed by atoms with Gasteiger partial charge in [0.15, 0.2) is 6.61 Å². The number of ether oxygens (including phenoxy) is 2. The van der Waals surface area contributed by atoms with Crippen molar-refractivity contribution < 1.29 is 27.2 Å². The van der Waals surface area contributed by atoms with Gasteiger partial charge in [-0.3, -0.25) is 0 Å². The molecule has 2 aromatic heterocycles. The highest BCUT2D eigenvalue weighted by Crippen LogP contribution is 2.22. The summed E-state index contributed by atoms with van der Waals surface area (Å²) in [5.74, 6) is 0.753. The second kappa shape index (κ2) is 9.72. The van der Waals surface area contributed by atoms with Gasteiger partial charge in [0.05, 0.1) is 17.6 Å². The van der Waals surface area contributed by atoms with Gasteiger partial charge in [0.1, 0.15) is 5.75 Å². The summed E-state index contributed by atoms with van der Waals surface area (Å²) in [5.41, 5.74) is 3.57. The molecule has 0 aliphatic rings. The minimum atomic E-state index is -3.75. The van der Waals surface area contributed by atoms with Crippen LogP contribution in [0.15, 0.2) is 64.0 Å². The number of aromatic nitrogens is 3. The van der Waals surface area contributed by atoms with Gasteiger partial charge in [-0.1, -0.05) is 17.3 Å². The van der Waals surface area contributed by atoms with Crippen molar-refractivity contribution in [3.8, 4) is 17.2 Å². The van der Waals surface area contributed by atoms with E-state index >= 15 is 0 Å². The summed E-state index contributed by atoms with van der Waals surface area (Å²) in [6.07, 6.45) is 0. The highest BCUT2D eigenvalue weighted by molar-refractivity contribution is 7.89. The van der Waals surface area contributed by atoms with Gasteiger partial charge in [-0.05, 0) is 61.9 Å². The van der Waals surface area contributed by atoms with E-state index in [9.17, 15) is 13.2 Å². The molecule has 0 unspecified atom stereocenters. The van der Waals surface area contributed by atoms with Gasteiger partial charge in [-0.25, -0.2) is 18.4 Å². The zero-order chi connectivity index (χ0) is 25.2. The molecule has 182 valence electrons. The van der Waals surface area contributed by atoms with Gasteiger partial charge in [0.25, 0.3) is 5.89 Å². The highest BCUT2D eigenvalue weighted by atomic mass is 32.2. The van der Waals surface area contributed by atoms with Gasteiger partial charge in [0, 0.05) is 23.5 Å². The average Bonchev–Trinajstić information content (AvgIpc) is 3.43. The summed E-state index contributed by atoms with van der Waals surface area (Å²) in [5, 5.41) is 9.03. The molecule has 0 aliphatic carbocycles. The second-order valence-corrected chi connectivity index (χ2v) is 9.44. The summed E-state index contributed by atoms with van der Waals surface area (Å²) >= 11 is 0. The van der Waals surface area contributed by atoms with Crippen molar-refractivity contribution in [3.63, 3.8) is 0 Å². The maximum Gasteiger partial charge on any atom is 0.340 e. The van der Waals surface area contributed by atoms with Crippen LogP contribution in [0.2, 0.25) is 0 Å². The third-order valence-electron chi connectivity index (χ3n) is 5.52. The molecule has 0 fully saturated rings. The number of nitrogens with zero attached hydrogens (tertiary/aromatic N) is 3.